The van der Waals surface area contributed by atoms with Crippen molar-refractivity contribution in [1.82, 2.24) is 5.32 Å². The summed E-state index contributed by atoms with van der Waals surface area (Å²) in [6, 6.07) is 7.75. The molecule has 0 bridgehead atoms. The number of benzene rings is 1. The van der Waals surface area contributed by atoms with Crippen molar-refractivity contribution in [2.75, 3.05) is 13.6 Å². The summed E-state index contributed by atoms with van der Waals surface area (Å²) in [5.41, 5.74) is 1.99. The second-order valence-corrected chi connectivity index (χ2v) is 5.28. The molecule has 1 N–H and O–H groups in total. The molecule has 0 aliphatic heterocycles. The average molecular weight is 284 g/mol. The van der Waals surface area contributed by atoms with Gasteiger partial charge in [-0.2, -0.15) is 0 Å². The zero-order valence-electron chi connectivity index (χ0n) is 9.79. The van der Waals surface area contributed by atoms with Gasteiger partial charge in [-0.25, -0.2) is 0 Å². The van der Waals surface area contributed by atoms with E-state index in [-0.39, 0.29) is 10.6 Å². The van der Waals surface area contributed by atoms with Crippen molar-refractivity contribution in [2.45, 2.75) is 24.6 Å². The van der Waals surface area contributed by atoms with Crippen molar-refractivity contribution < 1.29 is 4.79 Å². The third-order valence-electron chi connectivity index (χ3n) is 2.49. The molecule has 1 rings (SSSR count). The maximum absolute atomic E-state index is 11.9. The summed E-state index contributed by atoms with van der Waals surface area (Å²) in [7, 11) is 1.92. The van der Waals surface area contributed by atoms with Crippen LogP contribution in [0.3, 0.4) is 0 Å². The standard InChI is InChI=1S/C13H18BrNO/c1-10-3-5-11(6-4-10)13(16)9-12(14)7-8-15-2/h3-6,12,15H,7-9H2,1-2H3. The minimum atomic E-state index is 0.206. The molecule has 0 heterocycles. The lowest BCUT2D eigenvalue weighted by molar-refractivity contribution is 0.0982. The van der Waals surface area contributed by atoms with Crippen LogP contribution in [-0.4, -0.2) is 24.2 Å². The van der Waals surface area contributed by atoms with Gasteiger partial charge < -0.3 is 5.32 Å². The molecule has 0 saturated carbocycles. The fraction of sp³-hybridized carbons (Fsp3) is 0.462. The van der Waals surface area contributed by atoms with Gasteiger partial charge in [0.1, 0.15) is 0 Å². The van der Waals surface area contributed by atoms with E-state index in [1.54, 1.807) is 0 Å². The van der Waals surface area contributed by atoms with Crippen LogP contribution in [0, 0.1) is 6.92 Å². The fourth-order valence-corrected chi connectivity index (χ4v) is 1.98. The molecule has 0 saturated heterocycles. The Morgan fingerprint density at radius 2 is 2.00 bits per heavy atom. The number of rotatable bonds is 6. The van der Waals surface area contributed by atoms with Gasteiger partial charge in [0.05, 0.1) is 0 Å². The Hall–Kier alpha value is -0.670. The second-order valence-electron chi connectivity index (χ2n) is 3.98. The summed E-state index contributed by atoms with van der Waals surface area (Å²) >= 11 is 3.53. The Kier molecular flexibility index (Phi) is 5.71. The highest BCUT2D eigenvalue weighted by molar-refractivity contribution is 9.09. The quantitative estimate of drug-likeness (QED) is 0.643. The SMILES string of the molecule is CNCCC(Br)CC(=O)c1ccc(C)cc1. The van der Waals surface area contributed by atoms with Crippen molar-refractivity contribution in [3.63, 3.8) is 0 Å². The van der Waals surface area contributed by atoms with Crippen LogP contribution in [0.2, 0.25) is 0 Å². The lowest BCUT2D eigenvalue weighted by atomic mass is 10.0. The van der Waals surface area contributed by atoms with Crippen LogP contribution >= 0.6 is 15.9 Å². The topological polar surface area (TPSA) is 29.1 Å². The molecule has 88 valence electrons. The molecule has 3 heteroatoms. The molecule has 0 radical (unpaired) electrons. The van der Waals surface area contributed by atoms with Gasteiger partial charge in [0.25, 0.3) is 0 Å². The van der Waals surface area contributed by atoms with Gasteiger partial charge in [0, 0.05) is 16.8 Å². The largest absolute Gasteiger partial charge is 0.320 e. The van der Waals surface area contributed by atoms with E-state index < -0.39 is 0 Å². The van der Waals surface area contributed by atoms with E-state index >= 15 is 0 Å². The highest BCUT2D eigenvalue weighted by atomic mass is 79.9. The van der Waals surface area contributed by atoms with Crippen LogP contribution in [0.1, 0.15) is 28.8 Å². The van der Waals surface area contributed by atoms with Gasteiger partial charge in [-0.1, -0.05) is 45.8 Å². The molecule has 0 aliphatic rings. The Balaban J connectivity index is 2.48. The second kappa shape index (κ2) is 6.81. The number of halogens is 1. The molecular formula is C13H18BrNO. The molecule has 0 fully saturated rings. The number of ketones is 1. The summed E-state index contributed by atoms with van der Waals surface area (Å²) in [4.78, 5) is 12.1. The Morgan fingerprint density at radius 3 is 2.56 bits per heavy atom. The molecular weight excluding hydrogens is 266 g/mol. The highest BCUT2D eigenvalue weighted by Crippen LogP contribution is 2.14. The predicted octanol–water partition coefficient (Wildman–Crippen LogP) is 2.94. The van der Waals surface area contributed by atoms with Crippen LogP contribution in [0.5, 0.6) is 0 Å². The fourth-order valence-electron chi connectivity index (χ4n) is 1.46. The average Bonchev–Trinajstić information content (AvgIpc) is 2.27. The Bertz CT molecular complexity index is 334. The lowest BCUT2D eigenvalue weighted by Gasteiger charge is -2.08. The number of hydrogen-bond acceptors (Lipinski definition) is 2. The van der Waals surface area contributed by atoms with Crippen molar-refractivity contribution in [3.05, 3.63) is 35.4 Å². The summed E-state index contributed by atoms with van der Waals surface area (Å²) in [5, 5.41) is 3.08. The van der Waals surface area contributed by atoms with Gasteiger partial charge in [-0.05, 0) is 26.9 Å². The number of nitrogens with one attached hydrogen (secondary N) is 1. The van der Waals surface area contributed by atoms with E-state index in [4.69, 9.17) is 0 Å². The molecule has 0 aromatic heterocycles. The normalized spacial score (nSPS) is 12.4. The first-order valence-electron chi connectivity index (χ1n) is 5.52. The smallest absolute Gasteiger partial charge is 0.163 e. The van der Waals surface area contributed by atoms with Crippen LogP contribution in [0.25, 0.3) is 0 Å². The van der Waals surface area contributed by atoms with Gasteiger partial charge >= 0.3 is 0 Å². The third-order valence-corrected chi connectivity index (χ3v) is 3.27. The Morgan fingerprint density at radius 1 is 1.38 bits per heavy atom. The molecule has 1 aromatic rings. The van der Waals surface area contributed by atoms with Gasteiger partial charge in [0.2, 0.25) is 0 Å². The van der Waals surface area contributed by atoms with Crippen molar-refractivity contribution in [1.29, 1.82) is 0 Å². The van der Waals surface area contributed by atoms with E-state index in [1.807, 2.05) is 38.2 Å². The number of aryl methyl sites for hydroxylation is 1. The molecule has 0 spiro atoms. The zero-order chi connectivity index (χ0) is 12.0. The molecule has 16 heavy (non-hydrogen) atoms. The van der Waals surface area contributed by atoms with E-state index in [0.717, 1.165) is 18.5 Å². The van der Waals surface area contributed by atoms with Gasteiger partial charge in [-0.3, -0.25) is 4.79 Å². The highest BCUT2D eigenvalue weighted by Gasteiger charge is 2.11. The minimum absolute atomic E-state index is 0.206. The van der Waals surface area contributed by atoms with E-state index in [1.165, 1.54) is 5.56 Å². The van der Waals surface area contributed by atoms with Crippen molar-refractivity contribution >= 4 is 21.7 Å². The van der Waals surface area contributed by atoms with Crippen LogP contribution in [0.4, 0.5) is 0 Å². The lowest BCUT2D eigenvalue weighted by Crippen LogP contribution is -2.15. The molecule has 0 aliphatic carbocycles. The number of hydrogen-bond donors (Lipinski definition) is 1. The number of carbonyl (C=O) groups excluding carboxylic acids is 1. The maximum atomic E-state index is 11.9. The summed E-state index contributed by atoms with van der Waals surface area (Å²) in [5.74, 6) is 0.206. The monoisotopic (exact) mass is 283 g/mol. The van der Waals surface area contributed by atoms with E-state index in [0.29, 0.717) is 6.42 Å². The van der Waals surface area contributed by atoms with E-state index in [2.05, 4.69) is 21.2 Å². The molecule has 2 nitrogen and oxygen atoms in total. The number of alkyl halides is 1. The van der Waals surface area contributed by atoms with Crippen molar-refractivity contribution in [3.8, 4) is 0 Å². The zero-order valence-corrected chi connectivity index (χ0v) is 11.4. The van der Waals surface area contributed by atoms with Gasteiger partial charge in [0.15, 0.2) is 5.78 Å². The summed E-state index contributed by atoms with van der Waals surface area (Å²) in [6.45, 7) is 2.95. The van der Waals surface area contributed by atoms with Crippen molar-refractivity contribution in [2.24, 2.45) is 0 Å². The maximum Gasteiger partial charge on any atom is 0.163 e. The molecule has 1 atom stereocenters. The summed E-state index contributed by atoms with van der Waals surface area (Å²) < 4.78 is 0. The van der Waals surface area contributed by atoms with Crippen LogP contribution in [0.15, 0.2) is 24.3 Å². The molecule has 1 unspecified atom stereocenters. The Labute approximate surface area is 106 Å². The first-order chi connectivity index (χ1) is 7.63. The number of Topliss-reactive ketones (excluding diaryl/α,β-unsaturated/α-hetero) is 1. The van der Waals surface area contributed by atoms with Crippen LogP contribution < -0.4 is 5.32 Å². The number of carbonyl (C=O) groups is 1. The minimum Gasteiger partial charge on any atom is -0.320 e. The van der Waals surface area contributed by atoms with E-state index in [9.17, 15) is 4.79 Å². The molecule has 0 amide bonds. The third kappa shape index (κ3) is 4.45. The predicted molar refractivity (Wildman–Crippen MR) is 71.4 cm³/mol. The van der Waals surface area contributed by atoms with Crippen LogP contribution in [-0.2, 0) is 0 Å². The molecule has 1 aromatic carbocycles. The van der Waals surface area contributed by atoms with Gasteiger partial charge in [-0.15, -0.1) is 0 Å². The summed E-state index contributed by atoms with van der Waals surface area (Å²) in [6.07, 6.45) is 1.53. The first kappa shape index (κ1) is 13.4. The first-order valence-corrected chi connectivity index (χ1v) is 6.43.